The van der Waals surface area contributed by atoms with Crippen LogP contribution in [0.1, 0.15) is 78.6 Å². The van der Waals surface area contributed by atoms with E-state index in [0.717, 1.165) is 11.8 Å². The van der Waals surface area contributed by atoms with Gasteiger partial charge in [-0.2, -0.15) is 0 Å². The predicted molar refractivity (Wildman–Crippen MR) is 81.9 cm³/mol. The van der Waals surface area contributed by atoms with E-state index in [-0.39, 0.29) is 0 Å². The topological polar surface area (TPSA) is 12.0 Å². The van der Waals surface area contributed by atoms with Crippen LogP contribution in [0, 0.1) is 17.3 Å². The minimum atomic E-state index is 0.618. The van der Waals surface area contributed by atoms with Gasteiger partial charge in [0.1, 0.15) is 0 Å². The van der Waals surface area contributed by atoms with Gasteiger partial charge in [0.15, 0.2) is 0 Å². The summed E-state index contributed by atoms with van der Waals surface area (Å²) in [4.78, 5) is 0. The van der Waals surface area contributed by atoms with Gasteiger partial charge in [-0.3, -0.25) is 0 Å². The second-order valence-electron chi connectivity index (χ2n) is 6.83. The fourth-order valence-electron chi connectivity index (χ4n) is 3.78. The Labute approximate surface area is 115 Å². The van der Waals surface area contributed by atoms with Crippen LogP contribution < -0.4 is 5.32 Å². The third-order valence-corrected chi connectivity index (χ3v) is 5.16. The van der Waals surface area contributed by atoms with Gasteiger partial charge in [-0.05, 0) is 56.4 Å². The molecule has 1 heteroatoms. The molecule has 0 saturated heterocycles. The van der Waals surface area contributed by atoms with Gasteiger partial charge >= 0.3 is 0 Å². The second kappa shape index (κ2) is 8.19. The molecule has 0 aromatic heterocycles. The van der Waals surface area contributed by atoms with Crippen molar-refractivity contribution in [2.45, 2.75) is 78.6 Å². The fraction of sp³-hybridized carbons (Fsp3) is 1.00. The molecule has 1 aliphatic rings. The molecule has 0 amide bonds. The van der Waals surface area contributed by atoms with Crippen LogP contribution in [0.3, 0.4) is 0 Å². The van der Waals surface area contributed by atoms with Gasteiger partial charge in [0.25, 0.3) is 0 Å². The van der Waals surface area contributed by atoms with Crippen LogP contribution >= 0.6 is 0 Å². The maximum Gasteiger partial charge on any atom is 0.000491 e. The minimum Gasteiger partial charge on any atom is -0.319 e. The first kappa shape index (κ1) is 16.0. The highest BCUT2D eigenvalue weighted by atomic mass is 14.8. The highest BCUT2D eigenvalue weighted by Crippen LogP contribution is 2.44. The molecule has 0 aromatic rings. The lowest BCUT2D eigenvalue weighted by Crippen LogP contribution is -2.37. The summed E-state index contributed by atoms with van der Waals surface area (Å²) >= 11 is 0. The average Bonchev–Trinajstić information content (AvgIpc) is 2.38. The van der Waals surface area contributed by atoms with Crippen molar-refractivity contribution in [2.24, 2.45) is 17.3 Å². The van der Waals surface area contributed by atoms with Crippen molar-refractivity contribution in [3.8, 4) is 0 Å². The Morgan fingerprint density at radius 2 is 1.89 bits per heavy atom. The highest BCUT2D eigenvalue weighted by Gasteiger charge is 2.35. The molecule has 1 nitrogen and oxygen atoms in total. The summed E-state index contributed by atoms with van der Waals surface area (Å²) in [5.41, 5.74) is 0.618. The second-order valence-corrected chi connectivity index (χ2v) is 6.83. The van der Waals surface area contributed by atoms with E-state index < -0.39 is 0 Å². The molecule has 1 fully saturated rings. The molecule has 0 radical (unpaired) electrons. The Morgan fingerprint density at radius 1 is 1.22 bits per heavy atom. The molecule has 1 rings (SSSR count). The molecule has 1 unspecified atom stereocenters. The summed E-state index contributed by atoms with van der Waals surface area (Å²) in [5, 5.41) is 3.47. The van der Waals surface area contributed by atoms with Gasteiger partial charge in [-0.25, -0.2) is 0 Å². The maximum atomic E-state index is 3.47. The number of rotatable bonds is 8. The van der Waals surface area contributed by atoms with E-state index in [0.29, 0.717) is 5.41 Å². The Balaban J connectivity index is 2.45. The van der Waals surface area contributed by atoms with Crippen LogP contribution in [0.4, 0.5) is 0 Å². The molecule has 0 heterocycles. The molecule has 1 saturated carbocycles. The van der Waals surface area contributed by atoms with E-state index in [1.165, 1.54) is 64.3 Å². The van der Waals surface area contributed by atoms with Crippen LogP contribution in [0.25, 0.3) is 0 Å². The molecule has 0 spiro atoms. The molecule has 0 aromatic carbocycles. The van der Waals surface area contributed by atoms with Crippen LogP contribution in [0.2, 0.25) is 0 Å². The summed E-state index contributed by atoms with van der Waals surface area (Å²) in [6, 6.07) is 0. The van der Waals surface area contributed by atoms with Gasteiger partial charge < -0.3 is 5.32 Å². The molecule has 0 aliphatic heterocycles. The fourth-order valence-corrected chi connectivity index (χ4v) is 3.78. The lowest BCUT2D eigenvalue weighted by molar-refractivity contribution is 0.110. The minimum absolute atomic E-state index is 0.618. The van der Waals surface area contributed by atoms with E-state index in [9.17, 15) is 0 Å². The van der Waals surface area contributed by atoms with E-state index in [1.807, 2.05) is 0 Å². The first-order chi connectivity index (χ1) is 8.65. The molecule has 108 valence electrons. The van der Waals surface area contributed by atoms with Crippen LogP contribution in [-0.4, -0.2) is 13.6 Å². The Bertz CT molecular complexity index is 204. The van der Waals surface area contributed by atoms with Crippen molar-refractivity contribution in [1.29, 1.82) is 0 Å². The van der Waals surface area contributed by atoms with E-state index in [2.05, 4.69) is 33.1 Å². The Hall–Kier alpha value is -0.0400. The number of hydrogen-bond donors (Lipinski definition) is 1. The predicted octanol–water partition coefficient (Wildman–Crippen LogP) is 5.01. The molecular weight excluding hydrogens is 218 g/mol. The quantitative estimate of drug-likeness (QED) is 0.641. The summed E-state index contributed by atoms with van der Waals surface area (Å²) in [5.74, 6) is 1.93. The highest BCUT2D eigenvalue weighted by molar-refractivity contribution is 4.88. The summed E-state index contributed by atoms with van der Waals surface area (Å²) in [6.07, 6.45) is 13.0. The third-order valence-electron chi connectivity index (χ3n) is 5.16. The van der Waals surface area contributed by atoms with Gasteiger partial charge in [0.05, 0.1) is 0 Å². The normalized spacial score (nSPS) is 30.3. The van der Waals surface area contributed by atoms with E-state index >= 15 is 0 Å². The van der Waals surface area contributed by atoms with Gasteiger partial charge in [0, 0.05) is 6.54 Å². The van der Waals surface area contributed by atoms with Gasteiger partial charge in [-0.1, -0.05) is 46.5 Å². The van der Waals surface area contributed by atoms with Crippen molar-refractivity contribution in [3.05, 3.63) is 0 Å². The van der Waals surface area contributed by atoms with Crippen molar-refractivity contribution in [3.63, 3.8) is 0 Å². The third kappa shape index (κ3) is 4.91. The largest absolute Gasteiger partial charge is 0.319 e. The molecule has 1 atom stereocenters. The SMILES string of the molecule is CCCCC1CCC(CNC)(CC(C)CC)CC1. The summed E-state index contributed by atoms with van der Waals surface area (Å²) in [7, 11) is 2.13. The zero-order valence-electron chi connectivity index (χ0n) is 13.2. The molecule has 0 bridgehead atoms. The van der Waals surface area contributed by atoms with Crippen molar-refractivity contribution < 1.29 is 0 Å². The molecule has 18 heavy (non-hydrogen) atoms. The standard InChI is InChI=1S/C17H35N/c1-5-7-8-16-9-11-17(12-10-16,14-18-4)13-15(3)6-2/h15-16,18H,5-14H2,1-4H3. The monoisotopic (exact) mass is 253 g/mol. The zero-order chi connectivity index (χ0) is 13.4. The molecule has 1 N–H and O–H groups in total. The van der Waals surface area contributed by atoms with E-state index in [4.69, 9.17) is 0 Å². The maximum absolute atomic E-state index is 3.47. The first-order valence-corrected chi connectivity index (χ1v) is 8.30. The van der Waals surface area contributed by atoms with Crippen LogP contribution in [-0.2, 0) is 0 Å². The van der Waals surface area contributed by atoms with Crippen molar-refractivity contribution in [2.75, 3.05) is 13.6 Å². The van der Waals surface area contributed by atoms with Crippen LogP contribution in [0.5, 0.6) is 0 Å². The number of nitrogens with one attached hydrogen (secondary N) is 1. The smallest absolute Gasteiger partial charge is 0.000491 e. The van der Waals surface area contributed by atoms with Crippen molar-refractivity contribution >= 4 is 0 Å². The van der Waals surface area contributed by atoms with Gasteiger partial charge in [-0.15, -0.1) is 0 Å². The van der Waals surface area contributed by atoms with Gasteiger partial charge in [0.2, 0.25) is 0 Å². The molecule has 1 aliphatic carbocycles. The van der Waals surface area contributed by atoms with Crippen molar-refractivity contribution in [1.82, 2.24) is 5.32 Å². The average molecular weight is 253 g/mol. The lowest BCUT2D eigenvalue weighted by Gasteiger charge is -2.42. The Morgan fingerprint density at radius 3 is 2.39 bits per heavy atom. The Kier molecular flexibility index (Phi) is 7.29. The number of unbranched alkanes of at least 4 members (excludes halogenated alkanes) is 1. The first-order valence-electron chi connectivity index (χ1n) is 8.30. The molecular formula is C17H35N. The number of hydrogen-bond acceptors (Lipinski definition) is 1. The summed E-state index contributed by atoms with van der Waals surface area (Å²) in [6.45, 7) is 8.32. The van der Waals surface area contributed by atoms with Crippen LogP contribution in [0.15, 0.2) is 0 Å². The van der Waals surface area contributed by atoms with E-state index in [1.54, 1.807) is 0 Å². The zero-order valence-corrected chi connectivity index (χ0v) is 13.2. The lowest BCUT2D eigenvalue weighted by atomic mass is 9.65. The summed E-state index contributed by atoms with van der Waals surface area (Å²) < 4.78 is 0.